The number of para-hydroxylation sites is 1. The maximum Gasteiger partial charge on any atom is 0.338 e. The van der Waals surface area contributed by atoms with E-state index in [1.54, 1.807) is 55.1 Å². The fourth-order valence-corrected chi connectivity index (χ4v) is 3.23. The van der Waals surface area contributed by atoms with Gasteiger partial charge in [-0.25, -0.2) is 9.48 Å². The van der Waals surface area contributed by atoms with Crippen molar-refractivity contribution in [2.24, 2.45) is 0 Å². The molecule has 4 aromatic rings. The highest BCUT2D eigenvalue weighted by Crippen LogP contribution is 2.16. The highest BCUT2D eigenvalue weighted by molar-refractivity contribution is 6.01. The molecule has 0 aliphatic rings. The second-order valence-electron chi connectivity index (χ2n) is 7.07. The van der Waals surface area contributed by atoms with Crippen LogP contribution in [0.4, 0.5) is 0 Å². The van der Waals surface area contributed by atoms with Crippen molar-refractivity contribution in [3.63, 3.8) is 0 Å². The number of esters is 1. The number of nitrogens with zero attached hydrogens (tertiary/aromatic N) is 3. The number of Topliss-reactive ketones (excluding diaryl/α,β-unsaturated/α-hetero) is 1. The molecule has 0 fully saturated rings. The van der Waals surface area contributed by atoms with Gasteiger partial charge < -0.3 is 9.47 Å². The lowest BCUT2D eigenvalue weighted by Crippen LogP contribution is -2.24. The van der Waals surface area contributed by atoms with Gasteiger partial charge in [-0.1, -0.05) is 29.5 Å². The second kappa shape index (κ2) is 8.79. The first-order valence-electron chi connectivity index (χ1n) is 9.81. The minimum absolute atomic E-state index is 0.273. The SMILES string of the molecule is COc1ccc(C(=O)[C@H](C)OC(=O)c2ccc(Cn3nnc4ccccc43)cc2)cc1. The molecule has 0 radical (unpaired) electrons. The Balaban J connectivity index is 1.40. The molecule has 0 saturated heterocycles. The highest BCUT2D eigenvalue weighted by atomic mass is 16.5. The summed E-state index contributed by atoms with van der Waals surface area (Å²) in [5, 5.41) is 8.32. The van der Waals surface area contributed by atoms with Crippen LogP contribution in [0.1, 0.15) is 33.2 Å². The van der Waals surface area contributed by atoms with Crippen molar-refractivity contribution in [3.05, 3.63) is 89.5 Å². The van der Waals surface area contributed by atoms with Gasteiger partial charge in [0.25, 0.3) is 0 Å². The van der Waals surface area contributed by atoms with E-state index >= 15 is 0 Å². The standard InChI is InChI=1S/C24H21N3O4/c1-16(23(28)18-11-13-20(30-2)14-12-18)31-24(29)19-9-7-17(8-10-19)15-27-22-6-4-3-5-21(22)25-26-27/h3-14,16H,15H2,1-2H3/t16-/m0/s1. The van der Waals surface area contributed by atoms with Crippen molar-refractivity contribution in [3.8, 4) is 5.75 Å². The third-order valence-corrected chi connectivity index (χ3v) is 4.97. The number of benzene rings is 3. The van der Waals surface area contributed by atoms with E-state index < -0.39 is 12.1 Å². The largest absolute Gasteiger partial charge is 0.497 e. The third kappa shape index (κ3) is 4.45. The molecule has 0 aliphatic carbocycles. The van der Waals surface area contributed by atoms with Gasteiger partial charge in [0.1, 0.15) is 11.3 Å². The van der Waals surface area contributed by atoms with E-state index in [0.717, 1.165) is 16.6 Å². The predicted molar refractivity (Wildman–Crippen MR) is 115 cm³/mol. The topological polar surface area (TPSA) is 83.3 Å². The van der Waals surface area contributed by atoms with Gasteiger partial charge in [0.2, 0.25) is 5.78 Å². The van der Waals surface area contributed by atoms with Gasteiger partial charge in [-0.05, 0) is 61.0 Å². The van der Waals surface area contributed by atoms with Crippen LogP contribution in [-0.4, -0.2) is 40.0 Å². The van der Waals surface area contributed by atoms with E-state index in [1.165, 1.54) is 0 Å². The molecule has 1 atom stereocenters. The molecular weight excluding hydrogens is 394 g/mol. The van der Waals surface area contributed by atoms with E-state index in [2.05, 4.69) is 10.3 Å². The number of rotatable bonds is 7. The molecule has 1 heterocycles. The van der Waals surface area contributed by atoms with Gasteiger partial charge in [-0.2, -0.15) is 0 Å². The number of aromatic nitrogens is 3. The molecule has 31 heavy (non-hydrogen) atoms. The zero-order valence-corrected chi connectivity index (χ0v) is 17.2. The highest BCUT2D eigenvalue weighted by Gasteiger charge is 2.20. The smallest absolute Gasteiger partial charge is 0.338 e. The summed E-state index contributed by atoms with van der Waals surface area (Å²) in [5.41, 5.74) is 3.57. The lowest BCUT2D eigenvalue weighted by molar-refractivity contribution is 0.0319. The number of ether oxygens (including phenoxy) is 2. The lowest BCUT2D eigenvalue weighted by Gasteiger charge is -2.13. The summed E-state index contributed by atoms with van der Waals surface area (Å²) < 4.78 is 12.3. The third-order valence-electron chi connectivity index (χ3n) is 4.97. The Bertz CT molecular complexity index is 1210. The van der Waals surface area contributed by atoms with Crippen molar-refractivity contribution in [2.75, 3.05) is 7.11 Å². The molecule has 7 nitrogen and oxygen atoms in total. The summed E-state index contributed by atoms with van der Waals surface area (Å²) in [5.74, 6) is -0.169. The summed E-state index contributed by atoms with van der Waals surface area (Å²) in [6, 6.07) is 21.4. The van der Waals surface area contributed by atoms with Crippen molar-refractivity contribution in [1.82, 2.24) is 15.0 Å². The van der Waals surface area contributed by atoms with Gasteiger partial charge >= 0.3 is 5.97 Å². The number of carbonyl (C=O) groups excluding carboxylic acids is 2. The lowest BCUT2D eigenvalue weighted by atomic mass is 10.1. The van der Waals surface area contributed by atoms with Gasteiger partial charge in [0.15, 0.2) is 6.10 Å². The fourth-order valence-electron chi connectivity index (χ4n) is 3.23. The van der Waals surface area contributed by atoms with Crippen LogP contribution < -0.4 is 4.74 Å². The van der Waals surface area contributed by atoms with Gasteiger partial charge in [0, 0.05) is 5.56 Å². The van der Waals surface area contributed by atoms with E-state index in [9.17, 15) is 9.59 Å². The van der Waals surface area contributed by atoms with Crippen LogP contribution in [0.3, 0.4) is 0 Å². The molecule has 7 heteroatoms. The molecule has 0 bridgehead atoms. The van der Waals surface area contributed by atoms with Crippen LogP contribution in [0.15, 0.2) is 72.8 Å². The van der Waals surface area contributed by atoms with Crippen molar-refractivity contribution < 1.29 is 19.1 Å². The molecule has 0 amide bonds. The Morgan fingerprint density at radius 1 is 0.935 bits per heavy atom. The Morgan fingerprint density at radius 3 is 2.32 bits per heavy atom. The first-order valence-corrected chi connectivity index (χ1v) is 9.81. The Hall–Kier alpha value is -4.00. The van der Waals surface area contributed by atoms with E-state index in [0.29, 0.717) is 23.4 Å². The number of methoxy groups -OCH3 is 1. The predicted octanol–water partition coefficient (Wildman–Crippen LogP) is 3.92. The van der Waals surface area contributed by atoms with Gasteiger partial charge in [0.05, 0.1) is 24.7 Å². The number of carbonyl (C=O) groups is 2. The molecule has 0 saturated carbocycles. The molecule has 1 aromatic heterocycles. The quantitative estimate of drug-likeness (QED) is 0.336. The fraction of sp³-hybridized carbons (Fsp3) is 0.167. The van der Waals surface area contributed by atoms with Crippen LogP contribution >= 0.6 is 0 Å². The molecule has 4 rings (SSSR count). The number of hydrogen-bond acceptors (Lipinski definition) is 6. The summed E-state index contributed by atoms with van der Waals surface area (Å²) in [6.45, 7) is 2.09. The monoisotopic (exact) mass is 415 g/mol. The van der Waals surface area contributed by atoms with E-state index in [-0.39, 0.29) is 5.78 Å². The Kier molecular flexibility index (Phi) is 5.75. The summed E-state index contributed by atoms with van der Waals surface area (Å²) >= 11 is 0. The maximum atomic E-state index is 12.5. The minimum Gasteiger partial charge on any atom is -0.497 e. The summed E-state index contributed by atoms with van der Waals surface area (Å²) in [7, 11) is 1.56. The number of fused-ring (bicyclic) bond motifs is 1. The zero-order chi connectivity index (χ0) is 21.8. The minimum atomic E-state index is -0.901. The van der Waals surface area contributed by atoms with Crippen LogP contribution in [0.5, 0.6) is 5.75 Å². The van der Waals surface area contributed by atoms with Crippen molar-refractivity contribution in [2.45, 2.75) is 19.6 Å². The molecule has 0 aliphatic heterocycles. The van der Waals surface area contributed by atoms with Crippen LogP contribution in [0.25, 0.3) is 11.0 Å². The summed E-state index contributed by atoms with van der Waals surface area (Å²) in [6.07, 6.45) is -0.901. The normalized spacial score (nSPS) is 11.8. The number of hydrogen-bond donors (Lipinski definition) is 0. The molecule has 0 spiro atoms. The van der Waals surface area contributed by atoms with Crippen LogP contribution in [-0.2, 0) is 11.3 Å². The second-order valence-corrected chi connectivity index (χ2v) is 7.07. The average Bonchev–Trinajstić information content (AvgIpc) is 3.22. The molecular formula is C24H21N3O4. The van der Waals surface area contributed by atoms with E-state index in [4.69, 9.17) is 9.47 Å². The van der Waals surface area contributed by atoms with Crippen LogP contribution in [0.2, 0.25) is 0 Å². The molecule has 156 valence electrons. The zero-order valence-electron chi connectivity index (χ0n) is 17.2. The summed E-state index contributed by atoms with van der Waals surface area (Å²) in [4.78, 5) is 25.0. The molecule has 0 unspecified atom stereocenters. The first kappa shape index (κ1) is 20.3. The Labute approximate surface area is 179 Å². The van der Waals surface area contributed by atoms with Crippen molar-refractivity contribution in [1.29, 1.82) is 0 Å². The van der Waals surface area contributed by atoms with Crippen LogP contribution in [0, 0.1) is 0 Å². The molecule has 3 aromatic carbocycles. The maximum absolute atomic E-state index is 12.5. The molecule has 0 N–H and O–H groups in total. The first-order chi connectivity index (χ1) is 15.0. The number of ketones is 1. The van der Waals surface area contributed by atoms with Gasteiger partial charge in [-0.3, -0.25) is 4.79 Å². The average molecular weight is 415 g/mol. The van der Waals surface area contributed by atoms with E-state index in [1.807, 2.05) is 36.4 Å². The van der Waals surface area contributed by atoms with Gasteiger partial charge in [-0.15, -0.1) is 5.10 Å². The Morgan fingerprint density at radius 2 is 1.61 bits per heavy atom. The van der Waals surface area contributed by atoms with Crippen molar-refractivity contribution >= 4 is 22.8 Å².